The van der Waals surface area contributed by atoms with E-state index in [1.165, 1.54) is 11.0 Å². The van der Waals surface area contributed by atoms with Gasteiger partial charge in [-0.05, 0) is 30.4 Å². The molecule has 2 aliphatic rings. The van der Waals surface area contributed by atoms with Crippen LogP contribution in [0.4, 0.5) is 9.59 Å². The van der Waals surface area contributed by atoms with Crippen LogP contribution in [0.1, 0.15) is 59.1 Å². The van der Waals surface area contributed by atoms with Gasteiger partial charge < -0.3 is 44.8 Å². The summed E-state index contributed by atoms with van der Waals surface area (Å²) in [6, 6.07) is 26.3. The molecule has 0 aliphatic carbocycles. The first-order valence-electron chi connectivity index (χ1n) is 16.7. The van der Waals surface area contributed by atoms with E-state index in [1.807, 2.05) is 78.9 Å². The number of rotatable bonds is 15. The Morgan fingerprint density at radius 2 is 1.40 bits per heavy atom. The van der Waals surface area contributed by atoms with E-state index in [-0.39, 0.29) is 32.0 Å². The number of hydrogen-bond acceptors (Lipinski definition) is 12. The molecule has 272 valence electrons. The second-order valence-electron chi connectivity index (χ2n) is 11.9. The molecule has 1 aromatic heterocycles. The molecule has 6 atom stereocenters. The Hall–Kier alpha value is -5.84. The molecule has 0 spiro atoms. The molecule has 3 aromatic carbocycles. The Morgan fingerprint density at radius 1 is 0.788 bits per heavy atom. The highest BCUT2D eigenvalue weighted by Crippen LogP contribution is 2.44. The summed E-state index contributed by atoms with van der Waals surface area (Å²) in [5.74, 6) is -1.90. The van der Waals surface area contributed by atoms with Crippen molar-refractivity contribution in [3.05, 3.63) is 120 Å². The average molecular weight is 715 g/mol. The lowest BCUT2D eigenvalue weighted by atomic mass is 10.1. The number of nitrogens with two attached hydrogens (primary N) is 1. The molecule has 52 heavy (non-hydrogen) atoms. The van der Waals surface area contributed by atoms with E-state index in [0.29, 0.717) is 12.8 Å². The summed E-state index contributed by atoms with van der Waals surface area (Å²) < 4.78 is 36.1. The van der Waals surface area contributed by atoms with E-state index in [0.717, 1.165) is 16.7 Å². The Balaban J connectivity index is 1.09. The molecule has 0 saturated carbocycles. The number of primary amides is 1. The van der Waals surface area contributed by atoms with Crippen LogP contribution in [0.15, 0.2) is 97.3 Å². The Bertz CT molecular complexity index is 1790. The lowest BCUT2D eigenvalue weighted by molar-refractivity contribution is -0.222. The molecule has 2 fully saturated rings. The predicted molar refractivity (Wildman–Crippen MR) is 180 cm³/mol. The number of benzene rings is 3. The van der Waals surface area contributed by atoms with E-state index >= 15 is 0 Å². The van der Waals surface area contributed by atoms with Gasteiger partial charge in [-0.2, -0.15) is 0 Å². The van der Waals surface area contributed by atoms with Crippen LogP contribution in [0, 0.1) is 0 Å². The van der Waals surface area contributed by atoms with Gasteiger partial charge in [0.15, 0.2) is 18.6 Å². The fourth-order valence-corrected chi connectivity index (χ4v) is 5.59. The van der Waals surface area contributed by atoms with Crippen LogP contribution in [0.2, 0.25) is 0 Å². The lowest BCUT2D eigenvalue weighted by Gasteiger charge is -2.23. The quantitative estimate of drug-likeness (QED) is 0.0917. The molecule has 4 N–H and O–H groups in total. The second kappa shape index (κ2) is 17.4. The average Bonchev–Trinajstić information content (AvgIpc) is 3.91. The molecule has 16 heteroatoms. The third-order valence-electron chi connectivity index (χ3n) is 8.19. The Labute approximate surface area is 298 Å². The van der Waals surface area contributed by atoms with Gasteiger partial charge in [-0.3, -0.25) is 4.79 Å². The van der Waals surface area contributed by atoms with Crippen molar-refractivity contribution in [2.75, 3.05) is 6.54 Å². The van der Waals surface area contributed by atoms with Gasteiger partial charge in [-0.25, -0.2) is 24.0 Å². The molecule has 3 heterocycles. The van der Waals surface area contributed by atoms with E-state index in [4.69, 9.17) is 34.2 Å². The summed E-state index contributed by atoms with van der Waals surface area (Å²) in [5.41, 5.74) is 7.68. The Kier molecular flexibility index (Phi) is 12.0. The number of carbonyl (C=O) groups is 4. The highest BCUT2D eigenvalue weighted by Gasteiger charge is 2.56. The number of nitrogens with one attached hydrogen (secondary N) is 2. The number of unbranched alkanes of at least 4 members (excludes halogenated alkanes) is 1. The molecular formula is C36H38N6O10. The largest absolute Gasteiger partial charge is 0.445 e. The fraction of sp³-hybridized carbons (Fsp3) is 0.333. The maximum absolute atomic E-state index is 13.7. The van der Waals surface area contributed by atoms with Crippen LogP contribution in [-0.4, -0.2) is 69.9 Å². The first-order chi connectivity index (χ1) is 25.3. The van der Waals surface area contributed by atoms with Gasteiger partial charge in [0.05, 0.1) is 0 Å². The fourth-order valence-electron chi connectivity index (χ4n) is 5.59. The molecule has 3 amide bonds. The van der Waals surface area contributed by atoms with Crippen molar-refractivity contribution in [3.8, 4) is 0 Å². The topological polar surface area (TPSA) is 204 Å². The van der Waals surface area contributed by atoms with Crippen LogP contribution >= 0.6 is 0 Å². The predicted octanol–water partition coefficient (Wildman–Crippen LogP) is 3.65. The van der Waals surface area contributed by atoms with Crippen molar-refractivity contribution in [2.45, 2.75) is 69.5 Å². The lowest BCUT2D eigenvalue weighted by Crippen LogP contribution is -2.44. The van der Waals surface area contributed by atoms with Gasteiger partial charge >= 0.3 is 18.2 Å². The summed E-state index contributed by atoms with van der Waals surface area (Å²) in [6.45, 7) is 0.381. The highest BCUT2D eigenvalue weighted by atomic mass is 16.8. The zero-order valence-corrected chi connectivity index (χ0v) is 27.9. The number of aromatic nitrogens is 3. The van der Waals surface area contributed by atoms with Crippen molar-refractivity contribution in [3.63, 3.8) is 0 Å². The molecule has 2 saturated heterocycles. The molecule has 2 unspecified atom stereocenters. The summed E-state index contributed by atoms with van der Waals surface area (Å²) in [5, 5.41) is 9.38. The smallest absolute Gasteiger partial charge is 0.408 e. The number of amides is 3. The van der Waals surface area contributed by atoms with Gasteiger partial charge in [0.1, 0.15) is 31.7 Å². The molecule has 4 aromatic rings. The summed E-state index contributed by atoms with van der Waals surface area (Å²) in [7, 11) is 0. The van der Waals surface area contributed by atoms with Gasteiger partial charge in [0, 0.05) is 12.1 Å². The van der Waals surface area contributed by atoms with Crippen LogP contribution in [-0.2, 0) is 46.4 Å². The van der Waals surface area contributed by atoms with Crippen molar-refractivity contribution in [1.29, 1.82) is 0 Å². The highest BCUT2D eigenvalue weighted by molar-refractivity contribution is 5.88. The van der Waals surface area contributed by atoms with Crippen LogP contribution in [0.25, 0.3) is 0 Å². The minimum Gasteiger partial charge on any atom is -0.445 e. The minimum atomic E-state index is -1.30. The van der Waals surface area contributed by atoms with Crippen molar-refractivity contribution in [1.82, 2.24) is 25.4 Å². The molecule has 16 nitrogen and oxygen atoms in total. The van der Waals surface area contributed by atoms with E-state index in [1.54, 1.807) is 12.1 Å². The van der Waals surface area contributed by atoms with E-state index in [9.17, 15) is 19.2 Å². The molecule has 0 bridgehead atoms. The number of carbonyl (C=O) groups excluding carboxylic acids is 4. The summed E-state index contributed by atoms with van der Waals surface area (Å²) in [6.07, 6.45) is -4.03. The zero-order chi connectivity index (χ0) is 36.3. The normalized spacial score (nSPS) is 21.0. The van der Waals surface area contributed by atoms with E-state index in [2.05, 4.69) is 20.7 Å². The Morgan fingerprint density at radius 3 is 2.04 bits per heavy atom. The second-order valence-corrected chi connectivity index (χ2v) is 11.9. The third-order valence-corrected chi connectivity index (χ3v) is 8.19. The maximum atomic E-state index is 13.7. The van der Waals surface area contributed by atoms with E-state index < -0.39 is 61.1 Å². The zero-order valence-electron chi connectivity index (χ0n) is 27.9. The number of ether oxygens (including phenoxy) is 6. The van der Waals surface area contributed by atoms with Crippen molar-refractivity contribution >= 4 is 24.1 Å². The number of fused-ring (bicyclic) bond motifs is 1. The molecular weight excluding hydrogens is 676 g/mol. The summed E-state index contributed by atoms with van der Waals surface area (Å²) in [4.78, 5) is 54.4. The van der Waals surface area contributed by atoms with Crippen molar-refractivity contribution in [2.24, 2.45) is 5.73 Å². The standard InChI is InChI=1S/C36H38N6O10/c37-29(43)30-39-22-42(41-30)31-27-28(50-33(49-27)25-16-8-3-9-17-25)34(51-31)52-32(44)26(40-36(46)48-21-24-14-6-2-7-15-24)18-10-11-19-38-35(45)47-20-23-12-4-1-5-13-23/h1-9,12-17,22,26-28,31,33-34H,10-11,18-21H2,(H2,37,43)(H,38,45)(H,40,46)/t26-,27+,28?,31+,33?,34+/m0/s1. The molecule has 2 aliphatic heterocycles. The van der Waals surface area contributed by atoms with Gasteiger partial charge in [0.2, 0.25) is 12.1 Å². The monoisotopic (exact) mass is 714 g/mol. The first-order valence-corrected chi connectivity index (χ1v) is 16.7. The van der Waals surface area contributed by atoms with Gasteiger partial charge in [-0.1, -0.05) is 91.0 Å². The first kappa shape index (κ1) is 36.0. The van der Waals surface area contributed by atoms with Crippen LogP contribution in [0.3, 0.4) is 0 Å². The third kappa shape index (κ3) is 9.48. The molecule has 0 radical (unpaired) electrons. The van der Waals surface area contributed by atoms with Crippen LogP contribution < -0.4 is 16.4 Å². The minimum absolute atomic E-state index is 0.0160. The number of esters is 1. The van der Waals surface area contributed by atoms with Crippen LogP contribution in [0.5, 0.6) is 0 Å². The number of nitrogens with zero attached hydrogens (tertiary/aromatic N) is 3. The van der Waals surface area contributed by atoms with Gasteiger partial charge in [-0.15, -0.1) is 5.10 Å². The van der Waals surface area contributed by atoms with Gasteiger partial charge in [0.25, 0.3) is 5.91 Å². The maximum Gasteiger partial charge on any atom is 0.408 e. The SMILES string of the molecule is NC(=O)c1ncn([C@@H]2O[C@H](OC(=O)[C@H](CCCCNC(=O)OCc3ccccc3)NC(=O)OCc3ccccc3)C3OC(c4ccccc4)O[C@H]32)n1. The summed E-state index contributed by atoms with van der Waals surface area (Å²) >= 11 is 0. The number of hydrogen-bond donors (Lipinski definition) is 3. The number of alkyl carbamates (subject to hydrolysis) is 2. The molecule has 6 rings (SSSR count). The van der Waals surface area contributed by atoms with Crippen molar-refractivity contribution < 1.29 is 47.6 Å².